The van der Waals surface area contributed by atoms with Gasteiger partial charge < -0.3 is 10.4 Å². The minimum absolute atomic E-state index is 0.215. The van der Waals surface area contributed by atoms with E-state index in [1.807, 2.05) is 0 Å². The van der Waals surface area contributed by atoms with Crippen LogP contribution in [0.3, 0.4) is 0 Å². The Kier molecular flexibility index (Phi) is 2.63. The summed E-state index contributed by atoms with van der Waals surface area (Å²) in [7, 11) is 0. The molecule has 1 aliphatic heterocycles. The number of aliphatic hydroxyl groups is 1. The minimum atomic E-state index is -4.43. The maximum atomic E-state index is 12.4. The highest BCUT2D eigenvalue weighted by molar-refractivity contribution is 5.27. The van der Waals surface area contributed by atoms with Gasteiger partial charge >= 0.3 is 6.18 Å². The zero-order valence-electron chi connectivity index (χ0n) is 8.38. The Morgan fingerprint density at radius 2 is 2.12 bits per heavy atom. The van der Waals surface area contributed by atoms with Crippen molar-refractivity contribution in [3.05, 3.63) is 29.6 Å². The fourth-order valence-corrected chi connectivity index (χ4v) is 1.77. The van der Waals surface area contributed by atoms with Crippen molar-refractivity contribution in [1.82, 2.24) is 10.3 Å². The summed E-state index contributed by atoms with van der Waals surface area (Å²) < 4.78 is 37.3. The van der Waals surface area contributed by atoms with E-state index in [-0.39, 0.29) is 12.1 Å². The first kappa shape index (κ1) is 11.3. The standard InChI is InChI=1S/C10H11F3N2O/c11-10(12,13)8-3-7(4-15-5-8)9(16)1-2-14-6-9/h3-5,14,16H,1-2,6H2. The van der Waals surface area contributed by atoms with Crippen molar-refractivity contribution in [3.63, 3.8) is 0 Å². The van der Waals surface area contributed by atoms with Crippen LogP contribution in [0.4, 0.5) is 13.2 Å². The van der Waals surface area contributed by atoms with E-state index in [2.05, 4.69) is 10.3 Å². The van der Waals surface area contributed by atoms with E-state index in [0.717, 1.165) is 12.3 Å². The molecule has 3 nitrogen and oxygen atoms in total. The number of halogens is 3. The number of nitrogens with one attached hydrogen (secondary N) is 1. The number of rotatable bonds is 1. The zero-order valence-corrected chi connectivity index (χ0v) is 8.38. The van der Waals surface area contributed by atoms with Crippen LogP contribution in [0.15, 0.2) is 18.5 Å². The van der Waals surface area contributed by atoms with Crippen LogP contribution in [0.1, 0.15) is 17.5 Å². The van der Waals surface area contributed by atoms with Crippen LogP contribution in [0.5, 0.6) is 0 Å². The van der Waals surface area contributed by atoms with Gasteiger partial charge in [-0.3, -0.25) is 4.98 Å². The van der Waals surface area contributed by atoms with Gasteiger partial charge in [0.2, 0.25) is 0 Å². The molecule has 2 heterocycles. The molecule has 16 heavy (non-hydrogen) atoms. The van der Waals surface area contributed by atoms with Crippen LogP contribution in [-0.2, 0) is 11.8 Å². The van der Waals surface area contributed by atoms with Gasteiger partial charge in [-0.1, -0.05) is 0 Å². The average molecular weight is 232 g/mol. The van der Waals surface area contributed by atoms with Gasteiger partial charge in [-0.2, -0.15) is 13.2 Å². The van der Waals surface area contributed by atoms with Crippen molar-refractivity contribution >= 4 is 0 Å². The molecule has 1 atom stereocenters. The molecule has 1 aromatic heterocycles. The molecule has 0 amide bonds. The first-order valence-electron chi connectivity index (χ1n) is 4.88. The van der Waals surface area contributed by atoms with Gasteiger partial charge in [0.05, 0.1) is 5.56 Å². The summed E-state index contributed by atoms with van der Waals surface area (Å²) >= 11 is 0. The van der Waals surface area contributed by atoms with Crippen LogP contribution < -0.4 is 5.32 Å². The maximum Gasteiger partial charge on any atom is 0.417 e. The summed E-state index contributed by atoms with van der Waals surface area (Å²) in [5.74, 6) is 0. The van der Waals surface area contributed by atoms with Crippen LogP contribution in [0.25, 0.3) is 0 Å². The van der Waals surface area contributed by atoms with E-state index in [1.54, 1.807) is 0 Å². The molecule has 2 rings (SSSR count). The lowest BCUT2D eigenvalue weighted by Gasteiger charge is -2.22. The van der Waals surface area contributed by atoms with E-state index in [9.17, 15) is 18.3 Å². The van der Waals surface area contributed by atoms with Crippen LogP contribution >= 0.6 is 0 Å². The van der Waals surface area contributed by atoms with Gasteiger partial charge in [0.15, 0.2) is 0 Å². The van der Waals surface area contributed by atoms with Crippen LogP contribution in [0.2, 0.25) is 0 Å². The third kappa shape index (κ3) is 2.03. The number of β-amino-alcohol motifs (C(OH)–C–C–N with tert-alkyl or cyclic N) is 1. The number of aromatic nitrogens is 1. The number of hydrogen-bond donors (Lipinski definition) is 2. The van der Waals surface area contributed by atoms with Crippen molar-refractivity contribution in [2.45, 2.75) is 18.2 Å². The van der Waals surface area contributed by atoms with E-state index in [4.69, 9.17) is 0 Å². The molecule has 1 fully saturated rings. The Morgan fingerprint density at radius 1 is 1.38 bits per heavy atom. The molecule has 0 aromatic carbocycles. The Balaban J connectivity index is 2.36. The van der Waals surface area contributed by atoms with E-state index in [1.165, 1.54) is 6.20 Å². The largest absolute Gasteiger partial charge is 0.417 e. The van der Waals surface area contributed by atoms with Gasteiger partial charge in [0.25, 0.3) is 0 Å². The summed E-state index contributed by atoms with van der Waals surface area (Å²) in [6.45, 7) is 0.850. The average Bonchev–Trinajstić information content (AvgIpc) is 2.66. The van der Waals surface area contributed by atoms with Crippen molar-refractivity contribution in [2.24, 2.45) is 0 Å². The fraction of sp³-hybridized carbons (Fsp3) is 0.500. The lowest BCUT2D eigenvalue weighted by Crippen LogP contribution is -2.28. The molecule has 2 N–H and O–H groups in total. The SMILES string of the molecule is OC1(c2cncc(C(F)(F)F)c2)CCNC1. The van der Waals surface area contributed by atoms with Gasteiger partial charge in [-0.25, -0.2) is 0 Å². The number of nitrogens with zero attached hydrogens (tertiary/aromatic N) is 1. The summed E-state index contributed by atoms with van der Waals surface area (Å²) in [5.41, 5.74) is -1.84. The second-order valence-corrected chi connectivity index (χ2v) is 3.92. The van der Waals surface area contributed by atoms with Gasteiger partial charge in [0, 0.05) is 24.5 Å². The predicted molar refractivity (Wildman–Crippen MR) is 50.6 cm³/mol. The maximum absolute atomic E-state index is 12.4. The van der Waals surface area contributed by atoms with Gasteiger partial charge in [-0.05, 0) is 19.0 Å². The highest BCUT2D eigenvalue weighted by atomic mass is 19.4. The summed E-state index contributed by atoms with van der Waals surface area (Å²) in [6, 6.07) is 0.958. The molecule has 88 valence electrons. The summed E-state index contributed by atoms with van der Waals surface area (Å²) in [5, 5.41) is 13.0. The molecule has 0 spiro atoms. The number of pyridine rings is 1. The highest BCUT2D eigenvalue weighted by Gasteiger charge is 2.36. The monoisotopic (exact) mass is 232 g/mol. The predicted octanol–water partition coefficient (Wildman–Crippen LogP) is 1.28. The lowest BCUT2D eigenvalue weighted by molar-refractivity contribution is -0.138. The quantitative estimate of drug-likeness (QED) is 0.766. The Hall–Kier alpha value is -1.14. The lowest BCUT2D eigenvalue weighted by atomic mass is 9.93. The Bertz CT molecular complexity index is 386. The molecule has 6 heteroatoms. The molecular weight excluding hydrogens is 221 g/mol. The van der Waals surface area contributed by atoms with E-state index >= 15 is 0 Å². The van der Waals surface area contributed by atoms with Crippen LogP contribution in [0, 0.1) is 0 Å². The molecule has 0 aliphatic carbocycles. The van der Waals surface area contributed by atoms with Crippen LogP contribution in [-0.4, -0.2) is 23.2 Å². The number of hydrogen-bond acceptors (Lipinski definition) is 3. The summed E-state index contributed by atoms with van der Waals surface area (Å²) in [4.78, 5) is 3.53. The van der Waals surface area contributed by atoms with E-state index < -0.39 is 17.3 Å². The highest BCUT2D eigenvalue weighted by Crippen LogP contribution is 2.33. The minimum Gasteiger partial charge on any atom is -0.384 e. The van der Waals surface area contributed by atoms with Crippen molar-refractivity contribution in [3.8, 4) is 0 Å². The van der Waals surface area contributed by atoms with Gasteiger partial charge in [0.1, 0.15) is 5.60 Å². The van der Waals surface area contributed by atoms with E-state index in [0.29, 0.717) is 13.0 Å². The molecule has 1 unspecified atom stereocenters. The first-order chi connectivity index (χ1) is 7.42. The first-order valence-corrected chi connectivity index (χ1v) is 4.88. The smallest absolute Gasteiger partial charge is 0.384 e. The molecule has 0 radical (unpaired) electrons. The topological polar surface area (TPSA) is 45.2 Å². The Labute approximate surface area is 90.3 Å². The van der Waals surface area contributed by atoms with Crippen molar-refractivity contribution < 1.29 is 18.3 Å². The third-order valence-corrected chi connectivity index (χ3v) is 2.74. The normalized spacial score (nSPS) is 26.0. The Morgan fingerprint density at radius 3 is 2.69 bits per heavy atom. The molecule has 0 bridgehead atoms. The van der Waals surface area contributed by atoms with Crippen molar-refractivity contribution in [2.75, 3.05) is 13.1 Å². The molecular formula is C10H11F3N2O. The zero-order chi connectivity index (χ0) is 11.8. The third-order valence-electron chi connectivity index (χ3n) is 2.74. The fourth-order valence-electron chi connectivity index (χ4n) is 1.77. The number of alkyl halides is 3. The van der Waals surface area contributed by atoms with Gasteiger partial charge in [-0.15, -0.1) is 0 Å². The molecule has 1 aliphatic rings. The second kappa shape index (κ2) is 3.71. The van der Waals surface area contributed by atoms with Crippen molar-refractivity contribution in [1.29, 1.82) is 0 Å². The molecule has 0 saturated carbocycles. The molecule has 1 saturated heterocycles. The second-order valence-electron chi connectivity index (χ2n) is 3.92. The molecule has 1 aromatic rings. The summed E-state index contributed by atoms with van der Waals surface area (Å²) in [6.07, 6.45) is -1.99.